The van der Waals surface area contributed by atoms with Gasteiger partial charge in [0.15, 0.2) is 0 Å². The molecule has 0 radical (unpaired) electrons. The number of nitrogens with one attached hydrogen (secondary N) is 1. The molecule has 3 aliphatic rings. The number of hydrogen-bond acceptors (Lipinski definition) is 4. The Labute approximate surface area is 160 Å². The number of aliphatic carboxylic acids is 1. The maximum atomic E-state index is 13.0. The summed E-state index contributed by atoms with van der Waals surface area (Å²) in [4.78, 5) is 29.1. The van der Waals surface area contributed by atoms with Crippen LogP contribution in [0, 0.1) is 35.0 Å². The van der Waals surface area contributed by atoms with E-state index in [1.54, 1.807) is 25.4 Å². The molecule has 1 spiro atoms. The van der Waals surface area contributed by atoms with Crippen LogP contribution in [0.2, 0.25) is 0 Å². The molecule has 3 fully saturated rings. The molecule has 1 aromatic heterocycles. The second kappa shape index (κ2) is 6.60. The zero-order valence-electron chi connectivity index (χ0n) is 14.7. The molecule has 0 aliphatic heterocycles. The van der Waals surface area contributed by atoms with Gasteiger partial charge in [0.05, 0.1) is 23.7 Å². The topological polar surface area (TPSA) is 88.5 Å². The number of nitrogens with zero attached hydrogens (tertiary/aromatic N) is 1. The minimum absolute atomic E-state index is 0.0432. The molecule has 0 aromatic carbocycles. The summed E-state index contributed by atoms with van der Waals surface area (Å²) in [6, 6.07) is 3.53. The van der Waals surface area contributed by atoms with Gasteiger partial charge in [-0.25, -0.2) is 4.98 Å². The van der Waals surface area contributed by atoms with E-state index in [-0.39, 0.29) is 23.2 Å². The molecule has 4 rings (SSSR count). The third-order valence-corrected chi connectivity index (χ3v) is 7.35. The van der Waals surface area contributed by atoms with Crippen LogP contribution in [-0.2, 0) is 14.3 Å². The molecule has 2 bridgehead atoms. The maximum Gasteiger partial charge on any atom is 0.307 e. The van der Waals surface area contributed by atoms with Gasteiger partial charge in [-0.2, -0.15) is 0 Å². The first-order valence-corrected chi connectivity index (χ1v) is 9.92. The van der Waals surface area contributed by atoms with Crippen LogP contribution in [0.4, 0.5) is 5.69 Å². The highest BCUT2D eigenvalue weighted by atomic mass is 79.9. The molecule has 2 unspecified atom stereocenters. The highest BCUT2D eigenvalue weighted by molar-refractivity contribution is 9.10. The van der Waals surface area contributed by atoms with Crippen molar-refractivity contribution in [2.75, 3.05) is 19.0 Å². The number of pyridine rings is 1. The summed E-state index contributed by atoms with van der Waals surface area (Å²) >= 11 is 3.27. The Morgan fingerprint density at radius 1 is 1.35 bits per heavy atom. The van der Waals surface area contributed by atoms with Crippen molar-refractivity contribution in [3.63, 3.8) is 0 Å². The molecule has 6 atom stereocenters. The number of carbonyl (C=O) groups is 2. The van der Waals surface area contributed by atoms with E-state index in [1.165, 1.54) is 0 Å². The Morgan fingerprint density at radius 2 is 2.08 bits per heavy atom. The number of halogens is 1. The zero-order chi connectivity index (χ0) is 18.5. The average molecular weight is 423 g/mol. The number of carbonyl (C=O) groups excluding carboxylic acids is 1. The quantitative estimate of drug-likeness (QED) is 0.687. The lowest BCUT2D eigenvalue weighted by Crippen LogP contribution is -2.37. The van der Waals surface area contributed by atoms with Gasteiger partial charge in [-0.15, -0.1) is 0 Å². The van der Waals surface area contributed by atoms with E-state index in [2.05, 4.69) is 26.2 Å². The predicted octanol–water partition coefficient (Wildman–Crippen LogP) is 3.18. The Bertz CT molecular complexity index is 725. The standard InChI is InChI=1S/C19H23BrN2O4/c1-26-7-6-10-8-19(10)12-3-4-13(19)16(18(24)25)15(12)17(23)22-11-2-5-14(20)21-9-11/h2,5,9-10,12-13,15-16H,3-4,6-8H2,1H3,(H,22,23)(H,24,25)/t10?,12-,13+,15+,16+,19?/m0/s1. The zero-order valence-corrected chi connectivity index (χ0v) is 16.2. The van der Waals surface area contributed by atoms with Crippen molar-refractivity contribution < 1.29 is 19.4 Å². The summed E-state index contributed by atoms with van der Waals surface area (Å²) < 4.78 is 5.91. The monoisotopic (exact) mass is 422 g/mol. The van der Waals surface area contributed by atoms with Gasteiger partial charge in [0.1, 0.15) is 4.60 Å². The lowest BCUT2D eigenvalue weighted by molar-refractivity contribution is -0.148. The van der Waals surface area contributed by atoms with E-state index in [0.29, 0.717) is 22.8 Å². The number of aromatic nitrogens is 1. The lowest BCUT2D eigenvalue weighted by Gasteiger charge is -2.26. The largest absolute Gasteiger partial charge is 0.481 e. The smallest absolute Gasteiger partial charge is 0.307 e. The third-order valence-electron chi connectivity index (χ3n) is 6.88. The minimum atomic E-state index is -0.831. The second-order valence-corrected chi connectivity index (χ2v) is 8.65. The fourth-order valence-corrected chi connectivity index (χ4v) is 6.19. The Morgan fingerprint density at radius 3 is 2.69 bits per heavy atom. The molecule has 3 saturated carbocycles. The number of methoxy groups -OCH3 is 1. The van der Waals surface area contributed by atoms with E-state index in [0.717, 1.165) is 25.7 Å². The molecule has 1 heterocycles. The highest BCUT2D eigenvalue weighted by Crippen LogP contribution is 2.78. The molecule has 140 valence electrons. The van der Waals surface area contributed by atoms with Crippen LogP contribution in [-0.4, -0.2) is 35.7 Å². The number of anilines is 1. The first-order chi connectivity index (χ1) is 12.5. The number of hydrogen-bond donors (Lipinski definition) is 2. The molecule has 26 heavy (non-hydrogen) atoms. The summed E-state index contributed by atoms with van der Waals surface area (Å²) in [5.41, 5.74) is 0.646. The van der Waals surface area contributed by atoms with Crippen LogP contribution in [0.1, 0.15) is 25.7 Å². The number of ether oxygens (including phenoxy) is 1. The maximum absolute atomic E-state index is 13.0. The summed E-state index contributed by atoms with van der Waals surface area (Å²) in [5, 5.41) is 12.8. The number of amides is 1. The van der Waals surface area contributed by atoms with Gasteiger partial charge in [0.25, 0.3) is 0 Å². The molecule has 7 heteroatoms. The van der Waals surface area contributed by atoms with Gasteiger partial charge >= 0.3 is 5.97 Å². The van der Waals surface area contributed by atoms with Crippen LogP contribution in [0.25, 0.3) is 0 Å². The van der Waals surface area contributed by atoms with Gasteiger partial charge in [0.2, 0.25) is 5.91 Å². The van der Waals surface area contributed by atoms with Crippen molar-refractivity contribution in [1.82, 2.24) is 4.98 Å². The summed E-state index contributed by atoms with van der Waals surface area (Å²) in [5.74, 6) is -1.26. The predicted molar refractivity (Wildman–Crippen MR) is 98.4 cm³/mol. The second-order valence-electron chi connectivity index (χ2n) is 7.83. The van der Waals surface area contributed by atoms with E-state index in [9.17, 15) is 14.7 Å². The number of carboxylic acids is 1. The lowest BCUT2D eigenvalue weighted by atomic mass is 9.78. The van der Waals surface area contributed by atoms with Gasteiger partial charge in [0, 0.05) is 13.7 Å². The van der Waals surface area contributed by atoms with Gasteiger partial charge in [-0.1, -0.05) is 0 Å². The first kappa shape index (κ1) is 17.9. The van der Waals surface area contributed by atoms with Crippen LogP contribution < -0.4 is 5.32 Å². The Kier molecular flexibility index (Phi) is 4.55. The van der Waals surface area contributed by atoms with E-state index >= 15 is 0 Å². The van der Waals surface area contributed by atoms with Crippen molar-refractivity contribution in [2.24, 2.45) is 35.0 Å². The third kappa shape index (κ3) is 2.67. The Balaban J connectivity index is 1.56. The molecule has 1 amide bonds. The molecule has 2 N–H and O–H groups in total. The molecule has 6 nitrogen and oxygen atoms in total. The molecular weight excluding hydrogens is 400 g/mol. The van der Waals surface area contributed by atoms with Gasteiger partial charge in [-0.05, 0) is 76.9 Å². The van der Waals surface area contributed by atoms with Crippen LogP contribution in [0.5, 0.6) is 0 Å². The average Bonchev–Trinajstić information content (AvgIpc) is 3.15. The number of carboxylic acid groups (broad SMARTS) is 1. The fraction of sp³-hybridized carbons (Fsp3) is 0.632. The van der Waals surface area contributed by atoms with Crippen molar-refractivity contribution >= 4 is 33.5 Å². The normalized spacial score (nSPS) is 37.1. The molecule has 3 aliphatic carbocycles. The fourth-order valence-electron chi connectivity index (χ4n) is 5.95. The Hall–Kier alpha value is -1.47. The van der Waals surface area contributed by atoms with Crippen LogP contribution in [0.3, 0.4) is 0 Å². The van der Waals surface area contributed by atoms with E-state index < -0.39 is 17.8 Å². The van der Waals surface area contributed by atoms with Gasteiger partial charge in [-0.3, -0.25) is 9.59 Å². The van der Waals surface area contributed by atoms with Crippen LogP contribution >= 0.6 is 15.9 Å². The van der Waals surface area contributed by atoms with Crippen molar-refractivity contribution in [3.8, 4) is 0 Å². The SMILES string of the molecule is COCCC1CC12[C@@H]1CC[C@H]2[C@@H](C(=O)Nc2ccc(Br)nc2)[C@@H]1C(=O)O. The summed E-state index contributed by atoms with van der Waals surface area (Å²) in [6.07, 6.45) is 5.46. The first-order valence-electron chi connectivity index (χ1n) is 9.13. The van der Waals surface area contributed by atoms with E-state index in [1.807, 2.05) is 0 Å². The van der Waals surface area contributed by atoms with E-state index in [4.69, 9.17) is 4.74 Å². The van der Waals surface area contributed by atoms with Crippen molar-refractivity contribution in [2.45, 2.75) is 25.7 Å². The molecular formula is C19H23BrN2O4. The minimum Gasteiger partial charge on any atom is -0.481 e. The summed E-state index contributed by atoms with van der Waals surface area (Å²) in [7, 11) is 1.70. The van der Waals surface area contributed by atoms with Crippen molar-refractivity contribution in [1.29, 1.82) is 0 Å². The summed E-state index contributed by atoms with van der Waals surface area (Å²) in [6.45, 7) is 0.699. The van der Waals surface area contributed by atoms with Crippen LogP contribution in [0.15, 0.2) is 22.9 Å². The van der Waals surface area contributed by atoms with Crippen molar-refractivity contribution in [3.05, 3.63) is 22.9 Å². The number of rotatable bonds is 6. The van der Waals surface area contributed by atoms with Gasteiger partial charge < -0.3 is 15.2 Å². The highest BCUT2D eigenvalue weighted by Gasteiger charge is 2.75. The molecule has 1 aromatic rings. The molecule has 0 saturated heterocycles.